The quantitative estimate of drug-likeness (QED) is 0.654. The van der Waals surface area contributed by atoms with Gasteiger partial charge in [0.15, 0.2) is 0 Å². The van der Waals surface area contributed by atoms with Crippen molar-refractivity contribution in [2.75, 3.05) is 0 Å². The minimum absolute atomic E-state index is 0.0591. The Kier molecular flexibility index (Phi) is 3.36. The molecule has 1 aliphatic carbocycles. The number of pyridine rings is 1. The van der Waals surface area contributed by atoms with Crippen molar-refractivity contribution in [2.45, 2.75) is 64.7 Å². The molecule has 2 nitrogen and oxygen atoms in total. The molecular formula is C16H20F2N2. The van der Waals surface area contributed by atoms with Crippen LogP contribution in [-0.2, 0) is 17.8 Å². The highest BCUT2D eigenvalue weighted by Gasteiger charge is 2.45. The number of fused-ring (bicyclic) bond motifs is 1. The van der Waals surface area contributed by atoms with Crippen LogP contribution in [0.3, 0.4) is 0 Å². The monoisotopic (exact) mass is 278 g/mol. The lowest BCUT2D eigenvalue weighted by Gasteiger charge is -2.25. The van der Waals surface area contributed by atoms with Crippen molar-refractivity contribution < 1.29 is 8.78 Å². The largest absolute Gasteiger partial charge is 0.268 e. The topological polar surface area (TPSA) is 17.2 Å². The highest BCUT2D eigenvalue weighted by Crippen LogP contribution is 2.50. The van der Waals surface area contributed by atoms with Crippen molar-refractivity contribution in [3.05, 3.63) is 33.9 Å². The van der Waals surface area contributed by atoms with Crippen LogP contribution >= 0.6 is 0 Å². The van der Waals surface area contributed by atoms with E-state index in [1.807, 2.05) is 34.6 Å². The van der Waals surface area contributed by atoms with Gasteiger partial charge in [0.25, 0.3) is 5.92 Å². The number of rotatable bonds is 1. The van der Waals surface area contributed by atoms with Crippen LogP contribution in [0.1, 0.15) is 69.5 Å². The predicted octanol–water partition coefficient (Wildman–Crippen LogP) is 5.09. The van der Waals surface area contributed by atoms with E-state index >= 15 is 0 Å². The Bertz CT molecular complexity index is 590. The van der Waals surface area contributed by atoms with Gasteiger partial charge >= 0.3 is 0 Å². The molecule has 0 aromatic carbocycles. The van der Waals surface area contributed by atoms with Gasteiger partial charge in [-0.25, -0.2) is 13.6 Å². The molecule has 0 bridgehead atoms. The van der Waals surface area contributed by atoms with Gasteiger partial charge < -0.3 is 0 Å². The summed E-state index contributed by atoms with van der Waals surface area (Å²) in [5.41, 5.74) is 1.42. The SMILES string of the molecule is [C-]#[N+]c1c(C(C)(C)C)nc(C(C)C)c2c1C(F)(F)CC2. The molecule has 0 saturated carbocycles. The second-order valence-corrected chi connectivity index (χ2v) is 6.77. The molecule has 0 N–H and O–H groups in total. The molecule has 2 rings (SSSR count). The third-order valence-corrected chi connectivity index (χ3v) is 3.73. The van der Waals surface area contributed by atoms with Crippen LogP contribution in [0.4, 0.5) is 14.5 Å². The molecule has 0 radical (unpaired) electrons. The fourth-order valence-corrected chi connectivity index (χ4v) is 2.79. The summed E-state index contributed by atoms with van der Waals surface area (Å²) in [6, 6.07) is 0. The normalized spacial score (nSPS) is 17.1. The summed E-state index contributed by atoms with van der Waals surface area (Å²) in [5.74, 6) is -2.82. The second-order valence-electron chi connectivity index (χ2n) is 6.77. The van der Waals surface area contributed by atoms with Crippen LogP contribution in [0, 0.1) is 6.57 Å². The van der Waals surface area contributed by atoms with E-state index in [0.717, 1.165) is 5.69 Å². The Morgan fingerprint density at radius 3 is 2.35 bits per heavy atom. The van der Waals surface area contributed by atoms with Crippen LogP contribution in [0.2, 0.25) is 0 Å². The second kappa shape index (κ2) is 4.51. The van der Waals surface area contributed by atoms with Crippen molar-refractivity contribution in [3.63, 3.8) is 0 Å². The summed E-state index contributed by atoms with van der Waals surface area (Å²) in [4.78, 5) is 8.02. The van der Waals surface area contributed by atoms with E-state index in [2.05, 4.69) is 9.83 Å². The van der Waals surface area contributed by atoms with Crippen LogP contribution in [0.25, 0.3) is 4.85 Å². The van der Waals surface area contributed by atoms with Gasteiger partial charge in [-0.1, -0.05) is 34.6 Å². The van der Waals surface area contributed by atoms with Gasteiger partial charge in [-0.05, 0) is 23.3 Å². The molecule has 0 saturated heterocycles. The Morgan fingerprint density at radius 1 is 1.30 bits per heavy atom. The number of aromatic nitrogens is 1. The summed E-state index contributed by atoms with van der Waals surface area (Å²) in [7, 11) is 0. The molecule has 0 spiro atoms. The molecule has 0 aliphatic heterocycles. The first-order valence-electron chi connectivity index (χ1n) is 6.92. The van der Waals surface area contributed by atoms with E-state index in [0.29, 0.717) is 17.7 Å². The minimum Gasteiger partial charge on any atom is -0.268 e. The average molecular weight is 278 g/mol. The molecule has 1 aromatic rings. The number of halogens is 2. The van der Waals surface area contributed by atoms with Crippen LogP contribution < -0.4 is 0 Å². The molecule has 0 amide bonds. The predicted molar refractivity (Wildman–Crippen MR) is 75.5 cm³/mol. The summed E-state index contributed by atoms with van der Waals surface area (Å²) in [6.45, 7) is 17.0. The maximum Gasteiger partial charge on any atom is 0.265 e. The average Bonchev–Trinajstić information content (AvgIpc) is 2.62. The summed E-state index contributed by atoms with van der Waals surface area (Å²) in [6.07, 6.45) is 0.107. The van der Waals surface area contributed by atoms with Crippen molar-refractivity contribution in [2.24, 2.45) is 0 Å². The molecule has 20 heavy (non-hydrogen) atoms. The van der Waals surface area contributed by atoms with Crippen molar-refractivity contribution in [1.29, 1.82) is 0 Å². The van der Waals surface area contributed by atoms with E-state index in [1.165, 1.54) is 0 Å². The fraction of sp³-hybridized carbons (Fsp3) is 0.625. The lowest BCUT2D eigenvalue weighted by Crippen LogP contribution is -2.19. The van der Waals surface area contributed by atoms with E-state index in [-0.39, 0.29) is 23.6 Å². The van der Waals surface area contributed by atoms with E-state index in [9.17, 15) is 8.78 Å². The zero-order valence-corrected chi connectivity index (χ0v) is 12.6. The van der Waals surface area contributed by atoms with E-state index in [1.54, 1.807) is 0 Å². The summed E-state index contributed by atoms with van der Waals surface area (Å²) < 4.78 is 28.5. The van der Waals surface area contributed by atoms with Gasteiger partial charge in [-0.2, -0.15) is 0 Å². The molecule has 1 heterocycles. The van der Waals surface area contributed by atoms with E-state index < -0.39 is 11.3 Å². The first-order valence-corrected chi connectivity index (χ1v) is 6.92. The molecule has 0 fully saturated rings. The molecule has 1 aliphatic rings. The molecule has 0 unspecified atom stereocenters. The van der Waals surface area contributed by atoms with Crippen LogP contribution in [0.5, 0.6) is 0 Å². The number of alkyl halides is 2. The molecule has 0 atom stereocenters. The van der Waals surface area contributed by atoms with Gasteiger partial charge in [-0.3, -0.25) is 4.98 Å². The van der Waals surface area contributed by atoms with Crippen molar-refractivity contribution in [3.8, 4) is 0 Å². The Labute approximate surface area is 119 Å². The van der Waals surface area contributed by atoms with Gasteiger partial charge in [0.2, 0.25) is 5.69 Å². The van der Waals surface area contributed by atoms with Crippen molar-refractivity contribution in [1.82, 2.24) is 4.98 Å². The smallest absolute Gasteiger partial charge is 0.265 e. The van der Waals surface area contributed by atoms with Gasteiger partial charge in [0.05, 0.1) is 12.3 Å². The van der Waals surface area contributed by atoms with Gasteiger partial charge in [0, 0.05) is 17.7 Å². The molecule has 108 valence electrons. The Hall–Kier alpha value is -1.50. The zero-order chi connectivity index (χ0) is 15.3. The third-order valence-electron chi connectivity index (χ3n) is 3.73. The highest BCUT2D eigenvalue weighted by molar-refractivity contribution is 5.65. The van der Waals surface area contributed by atoms with Gasteiger partial charge in [0.1, 0.15) is 0 Å². The first-order chi connectivity index (χ1) is 9.09. The maximum atomic E-state index is 14.2. The molecule has 1 aromatic heterocycles. The lowest BCUT2D eigenvalue weighted by molar-refractivity contribution is -0.00116. The van der Waals surface area contributed by atoms with E-state index in [4.69, 9.17) is 6.57 Å². The van der Waals surface area contributed by atoms with Crippen molar-refractivity contribution >= 4 is 5.69 Å². The lowest BCUT2D eigenvalue weighted by atomic mass is 9.86. The number of hydrogen-bond donors (Lipinski definition) is 0. The van der Waals surface area contributed by atoms with Gasteiger partial charge in [-0.15, -0.1) is 0 Å². The molecule has 4 heteroatoms. The number of nitrogens with zero attached hydrogens (tertiary/aromatic N) is 2. The Morgan fingerprint density at radius 2 is 1.90 bits per heavy atom. The summed E-state index contributed by atoms with van der Waals surface area (Å²) in [5, 5.41) is 0. The molecular weight excluding hydrogens is 258 g/mol. The fourth-order valence-electron chi connectivity index (χ4n) is 2.79. The Balaban J connectivity index is 2.88. The van der Waals surface area contributed by atoms with Crippen LogP contribution in [0.15, 0.2) is 0 Å². The number of hydrogen-bond acceptors (Lipinski definition) is 1. The highest BCUT2D eigenvalue weighted by atomic mass is 19.3. The first kappa shape index (κ1) is 14.9. The third kappa shape index (κ3) is 2.19. The summed E-state index contributed by atoms with van der Waals surface area (Å²) >= 11 is 0. The van der Waals surface area contributed by atoms with Crippen LogP contribution in [-0.4, -0.2) is 4.98 Å². The maximum absolute atomic E-state index is 14.2. The standard InChI is InChI=1S/C16H20F2N2/c1-9(2)12-10-7-8-16(17,18)11(10)13(19-6)14(20-12)15(3,4)5/h9H,7-8H2,1-5H3. The zero-order valence-electron chi connectivity index (χ0n) is 12.6. The minimum atomic E-state index is -2.90.